The number of carbonyl (C=O) groups is 2. The van der Waals surface area contributed by atoms with Crippen LogP contribution in [0, 0.1) is 5.82 Å². The number of carbonyl (C=O) groups excluding carboxylic acids is 2. The fourth-order valence-corrected chi connectivity index (χ4v) is 4.09. The van der Waals surface area contributed by atoms with E-state index in [2.05, 4.69) is 5.32 Å². The molecule has 1 aliphatic heterocycles. The number of amides is 3. The van der Waals surface area contributed by atoms with Gasteiger partial charge in [0.15, 0.2) is 0 Å². The molecule has 0 bridgehead atoms. The number of urea groups is 1. The lowest BCUT2D eigenvalue weighted by atomic mass is 10.0. The SMILES string of the molecule is C[C@H]1[C@@H](c2cc(F)cc(C(F)(F)F)c2)OC(=O)N1C(=O)NCc1ccccc1S(C)=O. The summed E-state index contributed by atoms with van der Waals surface area (Å²) in [6.45, 7) is 1.37. The summed E-state index contributed by atoms with van der Waals surface area (Å²) in [5.74, 6) is -1.14. The molecule has 0 spiro atoms. The van der Waals surface area contributed by atoms with Crippen molar-refractivity contribution < 1.29 is 36.1 Å². The lowest BCUT2D eigenvalue weighted by molar-refractivity contribution is -0.137. The van der Waals surface area contributed by atoms with Gasteiger partial charge in [-0.15, -0.1) is 0 Å². The van der Waals surface area contributed by atoms with Crippen LogP contribution in [0.1, 0.15) is 29.7 Å². The first-order valence-corrected chi connectivity index (χ1v) is 10.6. The van der Waals surface area contributed by atoms with Crippen LogP contribution in [0.5, 0.6) is 0 Å². The lowest BCUT2D eigenvalue weighted by Gasteiger charge is -2.20. The number of nitrogens with one attached hydrogen (secondary N) is 1. The van der Waals surface area contributed by atoms with E-state index in [9.17, 15) is 31.4 Å². The molecule has 1 fully saturated rings. The van der Waals surface area contributed by atoms with Crippen LogP contribution in [0.25, 0.3) is 0 Å². The summed E-state index contributed by atoms with van der Waals surface area (Å²) in [5, 5.41) is 2.51. The Kier molecular flexibility index (Phi) is 6.35. The van der Waals surface area contributed by atoms with Gasteiger partial charge in [0.25, 0.3) is 0 Å². The molecule has 0 saturated carbocycles. The maximum atomic E-state index is 13.7. The first-order valence-electron chi connectivity index (χ1n) is 9.05. The maximum absolute atomic E-state index is 13.7. The van der Waals surface area contributed by atoms with Crippen LogP contribution in [0.2, 0.25) is 0 Å². The molecule has 11 heteroatoms. The van der Waals surface area contributed by atoms with Gasteiger partial charge in [0.05, 0.1) is 22.4 Å². The second kappa shape index (κ2) is 8.66. The third kappa shape index (κ3) is 4.87. The van der Waals surface area contributed by atoms with E-state index in [1.165, 1.54) is 13.2 Å². The molecule has 1 N–H and O–H groups in total. The van der Waals surface area contributed by atoms with Crippen LogP contribution in [-0.2, 0) is 28.3 Å². The van der Waals surface area contributed by atoms with Crippen LogP contribution >= 0.6 is 0 Å². The van der Waals surface area contributed by atoms with Crippen molar-refractivity contribution in [1.82, 2.24) is 10.2 Å². The number of rotatable bonds is 4. The largest absolute Gasteiger partial charge is 0.439 e. The number of halogens is 4. The van der Waals surface area contributed by atoms with Gasteiger partial charge < -0.3 is 10.1 Å². The fraction of sp³-hybridized carbons (Fsp3) is 0.300. The van der Waals surface area contributed by atoms with Gasteiger partial charge >= 0.3 is 18.3 Å². The zero-order chi connectivity index (χ0) is 22.9. The molecule has 31 heavy (non-hydrogen) atoms. The quantitative estimate of drug-likeness (QED) is 0.691. The van der Waals surface area contributed by atoms with E-state index in [0.717, 1.165) is 6.07 Å². The highest BCUT2D eigenvalue weighted by Gasteiger charge is 2.44. The zero-order valence-corrected chi connectivity index (χ0v) is 17.2. The Morgan fingerprint density at radius 3 is 2.55 bits per heavy atom. The number of imide groups is 1. The Labute approximate surface area is 177 Å². The van der Waals surface area contributed by atoms with Gasteiger partial charge in [-0.25, -0.2) is 18.9 Å². The summed E-state index contributed by atoms with van der Waals surface area (Å²) in [6.07, 6.45) is -5.64. The van der Waals surface area contributed by atoms with Gasteiger partial charge in [0.2, 0.25) is 0 Å². The summed E-state index contributed by atoms with van der Waals surface area (Å²) < 4.78 is 69.6. The average molecular weight is 458 g/mol. The molecule has 1 aliphatic rings. The Morgan fingerprint density at radius 1 is 1.23 bits per heavy atom. The van der Waals surface area contributed by atoms with E-state index in [-0.39, 0.29) is 12.1 Å². The molecule has 2 aromatic rings. The maximum Gasteiger partial charge on any atom is 0.419 e. The monoisotopic (exact) mass is 458 g/mol. The normalized spacial score (nSPS) is 19.8. The smallest absolute Gasteiger partial charge is 0.419 e. The number of nitrogens with zero attached hydrogens (tertiary/aromatic N) is 1. The van der Waals surface area contributed by atoms with Crippen molar-refractivity contribution in [2.45, 2.75) is 36.7 Å². The minimum Gasteiger partial charge on any atom is -0.439 e. The van der Waals surface area contributed by atoms with Gasteiger partial charge in [-0.05, 0) is 42.3 Å². The molecular weight excluding hydrogens is 440 g/mol. The number of cyclic esters (lactones) is 1. The van der Waals surface area contributed by atoms with E-state index >= 15 is 0 Å². The summed E-state index contributed by atoms with van der Waals surface area (Å²) >= 11 is 0. The van der Waals surface area contributed by atoms with Crippen LogP contribution in [-0.4, -0.2) is 33.5 Å². The first-order chi connectivity index (χ1) is 14.5. The summed E-state index contributed by atoms with van der Waals surface area (Å²) in [7, 11) is -1.30. The molecule has 0 aromatic heterocycles. The van der Waals surface area contributed by atoms with Crippen molar-refractivity contribution in [3.63, 3.8) is 0 Å². The molecule has 1 saturated heterocycles. The van der Waals surface area contributed by atoms with Gasteiger partial charge in [0.1, 0.15) is 11.9 Å². The van der Waals surface area contributed by atoms with E-state index in [1.807, 2.05) is 0 Å². The molecule has 0 radical (unpaired) electrons. The number of alkyl halides is 3. The van der Waals surface area contributed by atoms with Gasteiger partial charge in [-0.3, -0.25) is 4.21 Å². The van der Waals surface area contributed by atoms with Gasteiger partial charge in [-0.1, -0.05) is 18.2 Å². The summed E-state index contributed by atoms with van der Waals surface area (Å²) in [5.41, 5.74) is -0.860. The predicted molar refractivity (Wildman–Crippen MR) is 103 cm³/mol. The molecule has 0 aliphatic carbocycles. The van der Waals surface area contributed by atoms with Gasteiger partial charge in [0, 0.05) is 17.7 Å². The van der Waals surface area contributed by atoms with Crippen molar-refractivity contribution in [3.05, 3.63) is 65.0 Å². The van der Waals surface area contributed by atoms with E-state index in [1.54, 1.807) is 24.3 Å². The standard InChI is InChI=1S/C20H18F4N2O4S/c1-11-17(13-7-14(20(22,23)24)9-15(21)8-13)30-19(28)26(11)18(27)25-10-12-5-3-4-6-16(12)31(2)29/h3-9,11,17H,10H2,1-2H3,(H,25,27)/t11-,17-,31?/m0/s1. The van der Waals surface area contributed by atoms with Crippen LogP contribution in [0.15, 0.2) is 47.4 Å². The molecule has 166 valence electrons. The molecule has 3 rings (SSSR count). The first kappa shape index (κ1) is 22.7. The summed E-state index contributed by atoms with van der Waals surface area (Å²) in [4.78, 5) is 26.0. The zero-order valence-electron chi connectivity index (χ0n) is 16.4. The number of hydrogen-bond acceptors (Lipinski definition) is 4. The molecule has 1 unspecified atom stereocenters. The highest BCUT2D eigenvalue weighted by molar-refractivity contribution is 7.84. The fourth-order valence-electron chi connectivity index (χ4n) is 3.31. The van der Waals surface area contributed by atoms with Crippen molar-refractivity contribution in [3.8, 4) is 0 Å². The van der Waals surface area contributed by atoms with E-state index in [0.29, 0.717) is 27.5 Å². The third-order valence-corrected chi connectivity index (χ3v) is 5.79. The highest BCUT2D eigenvalue weighted by atomic mass is 32.2. The minimum absolute atomic E-state index is 0.0338. The Bertz CT molecular complexity index is 1040. The Balaban J connectivity index is 1.78. The molecule has 3 atom stereocenters. The second-order valence-electron chi connectivity index (χ2n) is 6.91. The Hall–Kier alpha value is -2.95. The van der Waals surface area contributed by atoms with Crippen molar-refractivity contribution >= 4 is 22.9 Å². The molecule has 6 nitrogen and oxygen atoms in total. The Morgan fingerprint density at radius 2 is 1.90 bits per heavy atom. The average Bonchev–Trinajstić information content (AvgIpc) is 2.99. The molecular formula is C20H18F4N2O4S. The number of ether oxygens (including phenoxy) is 1. The summed E-state index contributed by atoms with van der Waals surface area (Å²) in [6, 6.07) is 6.71. The van der Waals surface area contributed by atoms with Crippen molar-refractivity contribution in [1.29, 1.82) is 0 Å². The van der Waals surface area contributed by atoms with Crippen LogP contribution in [0.3, 0.4) is 0 Å². The lowest BCUT2D eigenvalue weighted by Crippen LogP contribution is -2.44. The van der Waals surface area contributed by atoms with Crippen molar-refractivity contribution in [2.75, 3.05) is 6.26 Å². The molecule has 2 aromatic carbocycles. The molecule has 1 heterocycles. The van der Waals surface area contributed by atoms with E-state index < -0.39 is 52.6 Å². The van der Waals surface area contributed by atoms with Crippen LogP contribution < -0.4 is 5.32 Å². The molecule has 3 amide bonds. The predicted octanol–water partition coefficient (Wildman–Crippen LogP) is 4.37. The van der Waals surface area contributed by atoms with Crippen LogP contribution in [0.4, 0.5) is 27.2 Å². The second-order valence-corrected chi connectivity index (χ2v) is 8.25. The van der Waals surface area contributed by atoms with E-state index in [4.69, 9.17) is 4.74 Å². The van der Waals surface area contributed by atoms with Gasteiger partial charge in [-0.2, -0.15) is 13.2 Å². The third-order valence-electron chi connectivity index (χ3n) is 4.78. The topological polar surface area (TPSA) is 75.7 Å². The minimum atomic E-state index is -4.79. The number of benzene rings is 2. The highest BCUT2D eigenvalue weighted by Crippen LogP contribution is 2.37. The van der Waals surface area contributed by atoms with Crippen molar-refractivity contribution in [2.24, 2.45) is 0 Å². The number of hydrogen-bond donors (Lipinski definition) is 1.